The van der Waals surface area contributed by atoms with Crippen LogP contribution in [0, 0.1) is 5.41 Å². The lowest BCUT2D eigenvalue weighted by atomic mass is 9.75. The number of hydrogen-bond donors (Lipinski definition) is 0. The molecule has 0 amide bonds. The molecule has 0 bridgehead atoms. The number of hydrogen-bond acceptors (Lipinski definition) is 2. The van der Waals surface area contributed by atoms with Crippen LogP contribution < -0.4 is 0 Å². The van der Waals surface area contributed by atoms with Gasteiger partial charge >= 0.3 is 0 Å². The summed E-state index contributed by atoms with van der Waals surface area (Å²) in [7, 11) is 0. The summed E-state index contributed by atoms with van der Waals surface area (Å²) < 4.78 is 5.20. The lowest BCUT2D eigenvalue weighted by molar-refractivity contribution is 0.176. The minimum absolute atomic E-state index is 0.619. The molecule has 1 saturated heterocycles. The third-order valence-electron chi connectivity index (χ3n) is 3.61. The Morgan fingerprint density at radius 2 is 2.27 bits per heavy atom. The maximum atomic E-state index is 5.20. The van der Waals surface area contributed by atoms with Gasteiger partial charge in [0.1, 0.15) is 0 Å². The summed E-state index contributed by atoms with van der Waals surface area (Å²) >= 11 is 2.13. The smallest absolute Gasteiger partial charge is 0.0873 e. The molecule has 0 aromatic heterocycles. The van der Waals surface area contributed by atoms with E-state index in [0.717, 1.165) is 6.61 Å². The maximum absolute atomic E-state index is 5.20. The van der Waals surface area contributed by atoms with E-state index in [4.69, 9.17) is 4.74 Å². The Kier molecular flexibility index (Phi) is 6.23. The molecule has 1 heterocycles. The standard InChI is InChI=1S/C13H24OS/c1-3-13(7-5-10-14-4-2)8-6-11-15-12-9-13/h4H,2-3,5-12H2,1H3. The average Bonchev–Trinajstić information content (AvgIpc) is 2.51. The highest BCUT2D eigenvalue weighted by molar-refractivity contribution is 7.99. The summed E-state index contributed by atoms with van der Waals surface area (Å²) in [6.45, 7) is 6.77. The molecule has 0 saturated carbocycles. The molecule has 1 rings (SSSR count). The molecule has 1 atom stereocenters. The first-order chi connectivity index (χ1) is 7.33. The van der Waals surface area contributed by atoms with Crippen molar-refractivity contribution in [2.45, 2.75) is 45.4 Å². The largest absolute Gasteiger partial charge is 0.502 e. The first kappa shape index (κ1) is 13.0. The summed E-state index contributed by atoms with van der Waals surface area (Å²) in [5.74, 6) is 2.72. The second kappa shape index (κ2) is 7.21. The summed E-state index contributed by atoms with van der Waals surface area (Å²) in [6, 6.07) is 0. The van der Waals surface area contributed by atoms with E-state index in [1.54, 1.807) is 6.26 Å². The maximum Gasteiger partial charge on any atom is 0.0873 e. The Morgan fingerprint density at radius 1 is 1.40 bits per heavy atom. The van der Waals surface area contributed by atoms with Gasteiger partial charge in [-0.1, -0.05) is 19.9 Å². The van der Waals surface area contributed by atoms with Crippen LogP contribution in [-0.4, -0.2) is 18.1 Å². The highest BCUT2D eigenvalue weighted by Crippen LogP contribution is 2.40. The van der Waals surface area contributed by atoms with E-state index in [1.807, 2.05) is 0 Å². The summed E-state index contributed by atoms with van der Waals surface area (Å²) in [4.78, 5) is 0. The van der Waals surface area contributed by atoms with Crippen molar-refractivity contribution in [3.05, 3.63) is 12.8 Å². The van der Waals surface area contributed by atoms with Gasteiger partial charge in [-0.25, -0.2) is 0 Å². The summed E-state index contributed by atoms with van der Waals surface area (Å²) in [5, 5.41) is 0. The Balaban J connectivity index is 2.32. The molecule has 0 N–H and O–H groups in total. The third-order valence-corrected chi connectivity index (χ3v) is 4.68. The van der Waals surface area contributed by atoms with Gasteiger partial charge in [0.2, 0.25) is 0 Å². The zero-order valence-corrected chi connectivity index (χ0v) is 10.8. The quantitative estimate of drug-likeness (QED) is 0.497. The fourth-order valence-electron chi connectivity index (χ4n) is 2.46. The van der Waals surface area contributed by atoms with Gasteiger partial charge in [-0.15, -0.1) is 0 Å². The van der Waals surface area contributed by atoms with Crippen LogP contribution in [0.3, 0.4) is 0 Å². The van der Waals surface area contributed by atoms with Crippen LogP contribution in [-0.2, 0) is 4.74 Å². The molecule has 15 heavy (non-hydrogen) atoms. The molecule has 0 aromatic carbocycles. The highest BCUT2D eigenvalue weighted by Gasteiger charge is 2.28. The van der Waals surface area contributed by atoms with E-state index in [-0.39, 0.29) is 0 Å². The second-order valence-corrected chi connectivity index (χ2v) is 5.69. The van der Waals surface area contributed by atoms with Crippen molar-refractivity contribution in [2.75, 3.05) is 18.1 Å². The number of rotatable bonds is 6. The molecule has 88 valence electrons. The first-order valence-corrected chi connectivity index (χ1v) is 7.29. The molecule has 0 aromatic rings. The third kappa shape index (κ3) is 4.50. The lowest BCUT2D eigenvalue weighted by Gasteiger charge is -2.31. The van der Waals surface area contributed by atoms with Gasteiger partial charge in [0, 0.05) is 0 Å². The van der Waals surface area contributed by atoms with Gasteiger partial charge in [0.25, 0.3) is 0 Å². The van der Waals surface area contributed by atoms with Crippen molar-refractivity contribution >= 4 is 11.8 Å². The molecule has 1 fully saturated rings. The zero-order chi connectivity index (χ0) is 11.0. The van der Waals surface area contributed by atoms with Crippen LogP contribution in [0.15, 0.2) is 12.8 Å². The van der Waals surface area contributed by atoms with Crippen LogP contribution in [0.1, 0.15) is 45.4 Å². The predicted molar refractivity (Wildman–Crippen MR) is 69.3 cm³/mol. The summed E-state index contributed by atoms with van der Waals surface area (Å²) in [6.07, 6.45) is 9.64. The van der Waals surface area contributed by atoms with Crippen molar-refractivity contribution in [1.82, 2.24) is 0 Å². The average molecular weight is 228 g/mol. The molecule has 1 aliphatic rings. The van der Waals surface area contributed by atoms with Crippen LogP contribution in [0.2, 0.25) is 0 Å². The molecule has 1 unspecified atom stereocenters. The van der Waals surface area contributed by atoms with Crippen molar-refractivity contribution in [1.29, 1.82) is 0 Å². The Morgan fingerprint density at radius 3 is 3.00 bits per heavy atom. The SMILES string of the molecule is C=COCCCC1(CC)CCCSCC1. The Hall–Kier alpha value is -0.110. The molecule has 1 nitrogen and oxygen atoms in total. The fourth-order valence-corrected chi connectivity index (χ4v) is 3.59. The molecular weight excluding hydrogens is 204 g/mol. The van der Waals surface area contributed by atoms with E-state index in [2.05, 4.69) is 25.3 Å². The van der Waals surface area contributed by atoms with Crippen LogP contribution in [0.25, 0.3) is 0 Å². The van der Waals surface area contributed by atoms with Gasteiger partial charge in [-0.2, -0.15) is 11.8 Å². The highest BCUT2D eigenvalue weighted by atomic mass is 32.2. The van der Waals surface area contributed by atoms with E-state index in [9.17, 15) is 0 Å². The molecule has 0 spiro atoms. The van der Waals surface area contributed by atoms with E-state index in [0.29, 0.717) is 5.41 Å². The predicted octanol–water partition coefficient (Wildman–Crippen LogP) is 4.24. The topological polar surface area (TPSA) is 9.23 Å². The lowest BCUT2D eigenvalue weighted by Crippen LogP contribution is -2.20. The van der Waals surface area contributed by atoms with Crippen molar-refractivity contribution in [2.24, 2.45) is 5.41 Å². The zero-order valence-electron chi connectivity index (χ0n) is 9.96. The van der Waals surface area contributed by atoms with Gasteiger partial charge in [-0.3, -0.25) is 0 Å². The van der Waals surface area contributed by atoms with E-state index >= 15 is 0 Å². The van der Waals surface area contributed by atoms with Gasteiger partial charge < -0.3 is 4.74 Å². The minimum atomic E-state index is 0.619. The van der Waals surface area contributed by atoms with Gasteiger partial charge in [-0.05, 0) is 49.0 Å². The second-order valence-electron chi connectivity index (χ2n) is 4.46. The molecule has 0 radical (unpaired) electrons. The number of ether oxygens (including phenoxy) is 1. The molecular formula is C13H24OS. The van der Waals surface area contributed by atoms with Gasteiger partial charge in [0.15, 0.2) is 0 Å². The van der Waals surface area contributed by atoms with Crippen LogP contribution in [0.4, 0.5) is 0 Å². The first-order valence-electron chi connectivity index (χ1n) is 6.13. The molecule has 0 aliphatic carbocycles. The van der Waals surface area contributed by atoms with Crippen molar-refractivity contribution in [3.8, 4) is 0 Å². The van der Waals surface area contributed by atoms with Crippen LogP contribution >= 0.6 is 11.8 Å². The normalized spacial score (nSPS) is 27.0. The monoisotopic (exact) mass is 228 g/mol. The Labute approximate surface area is 98.7 Å². The molecule has 2 heteroatoms. The molecule has 1 aliphatic heterocycles. The van der Waals surface area contributed by atoms with E-state index in [1.165, 1.54) is 50.0 Å². The van der Waals surface area contributed by atoms with Crippen molar-refractivity contribution < 1.29 is 4.74 Å². The minimum Gasteiger partial charge on any atom is -0.502 e. The Bertz CT molecular complexity index is 171. The fraction of sp³-hybridized carbons (Fsp3) is 0.846. The van der Waals surface area contributed by atoms with E-state index < -0.39 is 0 Å². The van der Waals surface area contributed by atoms with Crippen LogP contribution in [0.5, 0.6) is 0 Å². The van der Waals surface area contributed by atoms with Crippen molar-refractivity contribution in [3.63, 3.8) is 0 Å². The number of thioether (sulfide) groups is 1. The summed E-state index contributed by atoms with van der Waals surface area (Å²) in [5.41, 5.74) is 0.619. The van der Waals surface area contributed by atoms with Gasteiger partial charge in [0.05, 0.1) is 12.9 Å².